The third kappa shape index (κ3) is 3.99. The SMILES string of the molecule is O=C(CN1CCC(C(=O)O)CC1)Nc1ncccn1. The lowest BCUT2D eigenvalue weighted by Crippen LogP contribution is -2.40. The highest BCUT2D eigenvalue weighted by molar-refractivity contribution is 5.90. The molecule has 1 fully saturated rings. The van der Waals surface area contributed by atoms with Crippen molar-refractivity contribution in [2.24, 2.45) is 5.92 Å². The van der Waals surface area contributed by atoms with E-state index < -0.39 is 5.97 Å². The van der Waals surface area contributed by atoms with E-state index in [1.165, 1.54) is 0 Å². The molecule has 0 bridgehead atoms. The summed E-state index contributed by atoms with van der Waals surface area (Å²) in [5, 5.41) is 11.5. The number of piperidine rings is 1. The molecule has 1 aromatic rings. The normalized spacial score (nSPS) is 17.1. The van der Waals surface area contributed by atoms with Gasteiger partial charge in [0.1, 0.15) is 0 Å². The van der Waals surface area contributed by atoms with Crippen molar-refractivity contribution in [3.63, 3.8) is 0 Å². The standard InChI is InChI=1S/C12H16N4O3/c17-10(15-12-13-4-1-5-14-12)8-16-6-2-9(3-7-16)11(18)19/h1,4-5,9H,2-3,6-8H2,(H,18,19)(H,13,14,15,17). The zero-order valence-electron chi connectivity index (χ0n) is 10.5. The number of carbonyl (C=O) groups excluding carboxylic acids is 1. The first-order valence-corrected chi connectivity index (χ1v) is 6.17. The third-order valence-electron chi connectivity index (χ3n) is 3.12. The van der Waals surface area contributed by atoms with Gasteiger partial charge in [0.25, 0.3) is 0 Å². The smallest absolute Gasteiger partial charge is 0.306 e. The van der Waals surface area contributed by atoms with Crippen molar-refractivity contribution in [2.45, 2.75) is 12.8 Å². The molecule has 0 saturated carbocycles. The lowest BCUT2D eigenvalue weighted by Gasteiger charge is -2.29. The molecule has 0 aliphatic carbocycles. The minimum absolute atomic E-state index is 0.181. The second kappa shape index (κ2) is 6.24. The maximum atomic E-state index is 11.7. The van der Waals surface area contributed by atoms with Crippen LogP contribution in [0.3, 0.4) is 0 Å². The van der Waals surface area contributed by atoms with Gasteiger partial charge in [-0.25, -0.2) is 9.97 Å². The monoisotopic (exact) mass is 264 g/mol. The van der Waals surface area contributed by atoms with E-state index in [0.29, 0.717) is 25.9 Å². The van der Waals surface area contributed by atoms with E-state index in [-0.39, 0.29) is 24.3 Å². The molecule has 2 heterocycles. The predicted molar refractivity (Wildman–Crippen MR) is 67.5 cm³/mol. The van der Waals surface area contributed by atoms with Gasteiger partial charge in [0, 0.05) is 12.4 Å². The molecule has 102 valence electrons. The fraction of sp³-hybridized carbons (Fsp3) is 0.500. The summed E-state index contributed by atoms with van der Waals surface area (Å²) in [5.74, 6) is -0.925. The Morgan fingerprint density at radius 1 is 1.32 bits per heavy atom. The third-order valence-corrected chi connectivity index (χ3v) is 3.12. The van der Waals surface area contributed by atoms with Crippen LogP contribution in [0.2, 0.25) is 0 Å². The zero-order chi connectivity index (χ0) is 13.7. The summed E-state index contributed by atoms with van der Waals surface area (Å²) >= 11 is 0. The number of carbonyl (C=O) groups is 2. The van der Waals surface area contributed by atoms with Crippen LogP contribution in [0.15, 0.2) is 18.5 Å². The topological polar surface area (TPSA) is 95.4 Å². The lowest BCUT2D eigenvalue weighted by atomic mass is 9.97. The van der Waals surface area contributed by atoms with E-state index >= 15 is 0 Å². The molecule has 7 heteroatoms. The number of aromatic nitrogens is 2. The number of hydrogen-bond donors (Lipinski definition) is 2. The molecule has 19 heavy (non-hydrogen) atoms. The lowest BCUT2D eigenvalue weighted by molar-refractivity contribution is -0.143. The number of hydrogen-bond acceptors (Lipinski definition) is 5. The number of rotatable bonds is 4. The molecule has 1 aliphatic heterocycles. The van der Waals surface area contributed by atoms with E-state index in [1.807, 2.05) is 4.90 Å². The first kappa shape index (κ1) is 13.4. The molecule has 1 saturated heterocycles. The first-order chi connectivity index (χ1) is 9.15. The van der Waals surface area contributed by atoms with Crippen molar-refractivity contribution in [1.82, 2.24) is 14.9 Å². The van der Waals surface area contributed by atoms with Crippen molar-refractivity contribution >= 4 is 17.8 Å². The summed E-state index contributed by atoms with van der Waals surface area (Å²) in [6, 6.07) is 1.67. The fourth-order valence-electron chi connectivity index (χ4n) is 2.07. The van der Waals surface area contributed by atoms with Gasteiger partial charge in [-0.1, -0.05) is 0 Å². The van der Waals surface area contributed by atoms with E-state index in [0.717, 1.165) is 0 Å². The van der Waals surface area contributed by atoms with Gasteiger partial charge in [0.15, 0.2) is 0 Å². The van der Waals surface area contributed by atoms with E-state index in [1.54, 1.807) is 18.5 Å². The largest absolute Gasteiger partial charge is 0.481 e. The Labute approximate surface area is 110 Å². The number of nitrogens with one attached hydrogen (secondary N) is 1. The van der Waals surface area contributed by atoms with E-state index in [2.05, 4.69) is 15.3 Å². The maximum absolute atomic E-state index is 11.7. The van der Waals surface area contributed by atoms with E-state index in [9.17, 15) is 9.59 Å². The van der Waals surface area contributed by atoms with Crippen LogP contribution in [0, 0.1) is 5.92 Å². The Morgan fingerprint density at radius 2 is 1.95 bits per heavy atom. The summed E-state index contributed by atoms with van der Waals surface area (Å²) in [5.41, 5.74) is 0. The van der Waals surface area contributed by atoms with Crippen LogP contribution in [0.1, 0.15) is 12.8 Å². The number of carboxylic acids is 1. The Morgan fingerprint density at radius 3 is 2.53 bits per heavy atom. The van der Waals surface area contributed by atoms with Crippen LogP contribution in [0.5, 0.6) is 0 Å². The van der Waals surface area contributed by atoms with Crippen LogP contribution in [0.25, 0.3) is 0 Å². The minimum atomic E-state index is -0.748. The van der Waals surface area contributed by atoms with Gasteiger partial charge >= 0.3 is 5.97 Å². The zero-order valence-corrected chi connectivity index (χ0v) is 10.5. The van der Waals surface area contributed by atoms with Crippen molar-refractivity contribution in [2.75, 3.05) is 25.0 Å². The van der Waals surface area contributed by atoms with Crippen LogP contribution in [-0.2, 0) is 9.59 Å². The summed E-state index contributed by atoms with van der Waals surface area (Å²) in [6.45, 7) is 1.49. The Bertz CT molecular complexity index is 444. The minimum Gasteiger partial charge on any atom is -0.481 e. The number of likely N-dealkylation sites (tertiary alicyclic amines) is 1. The Balaban J connectivity index is 1.76. The summed E-state index contributed by atoms with van der Waals surface area (Å²) < 4.78 is 0. The number of carboxylic acid groups (broad SMARTS) is 1. The van der Waals surface area contributed by atoms with Gasteiger partial charge in [-0.15, -0.1) is 0 Å². The molecule has 1 aliphatic rings. The van der Waals surface area contributed by atoms with Crippen LogP contribution >= 0.6 is 0 Å². The Kier molecular flexibility index (Phi) is 4.40. The number of anilines is 1. The molecule has 1 aromatic heterocycles. The van der Waals surface area contributed by atoms with E-state index in [4.69, 9.17) is 5.11 Å². The van der Waals surface area contributed by atoms with Gasteiger partial charge in [0.2, 0.25) is 11.9 Å². The highest BCUT2D eigenvalue weighted by Gasteiger charge is 2.25. The predicted octanol–water partition coefficient (Wildman–Crippen LogP) is 0.212. The average Bonchev–Trinajstić information content (AvgIpc) is 2.40. The second-order valence-corrected chi connectivity index (χ2v) is 4.51. The number of aliphatic carboxylic acids is 1. The van der Waals surface area contributed by atoms with Gasteiger partial charge in [-0.2, -0.15) is 0 Å². The molecule has 2 N–H and O–H groups in total. The molecule has 0 atom stereocenters. The quantitative estimate of drug-likeness (QED) is 0.807. The van der Waals surface area contributed by atoms with Gasteiger partial charge in [-0.3, -0.25) is 19.8 Å². The highest BCUT2D eigenvalue weighted by atomic mass is 16.4. The summed E-state index contributed by atoms with van der Waals surface area (Å²) in [7, 11) is 0. The van der Waals surface area contributed by atoms with Gasteiger partial charge < -0.3 is 5.11 Å². The molecule has 0 unspecified atom stereocenters. The van der Waals surface area contributed by atoms with Crippen LogP contribution < -0.4 is 5.32 Å². The molecular weight excluding hydrogens is 248 g/mol. The van der Waals surface area contributed by atoms with Gasteiger partial charge in [-0.05, 0) is 32.0 Å². The van der Waals surface area contributed by atoms with Crippen LogP contribution in [-0.4, -0.2) is 51.5 Å². The van der Waals surface area contributed by atoms with Crippen molar-refractivity contribution in [3.8, 4) is 0 Å². The average molecular weight is 264 g/mol. The molecule has 1 amide bonds. The summed E-state index contributed by atoms with van der Waals surface area (Å²) in [6.07, 6.45) is 4.29. The van der Waals surface area contributed by atoms with Crippen LogP contribution in [0.4, 0.5) is 5.95 Å². The second-order valence-electron chi connectivity index (χ2n) is 4.51. The molecule has 0 radical (unpaired) electrons. The Hall–Kier alpha value is -2.02. The first-order valence-electron chi connectivity index (χ1n) is 6.17. The van der Waals surface area contributed by atoms with Crippen molar-refractivity contribution in [3.05, 3.63) is 18.5 Å². The maximum Gasteiger partial charge on any atom is 0.306 e. The molecule has 2 rings (SSSR count). The molecule has 7 nitrogen and oxygen atoms in total. The fourth-order valence-corrected chi connectivity index (χ4v) is 2.07. The highest BCUT2D eigenvalue weighted by Crippen LogP contribution is 2.16. The van der Waals surface area contributed by atoms with Crippen molar-refractivity contribution < 1.29 is 14.7 Å². The molecular formula is C12H16N4O3. The molecule has 0 spiro atoms. The molecule has 0 aromatic carbocycles. The summed E-state index contributed by atoms with van der Waals surface area (Å²) in [4.78, 5) is 32.3. The number of amides is 1. The number of nitrogens with zero attached hydrogens (tertiary/aromatic N) is 3. The van der Waals surface area contributed by atoms with Crippen molar-refractivity contribution in [1.29, 1.82) is 0 Å². The van der Waals surface area contributed by atoms with Gasteiger partial charge in [0.05, 0.1) is 12.5 Å².